The Bertz CT molecular complexity index is 1050. The number of amides is 1. The van der Waals surface area contributed by atoms with Crippen LogP contribution in [0.15, 0.2) is 48.9 Å². The van der Waals surface area contributed by atoms with Crippen molar-refractivity contribution in [3.63, 3.8) is 0 Å². The molecule has 154 valence electrons. The van der Waals surface area contributed by atoms with E-state index in [9.17, 15) is 4.79 Å². The number of anilines is 3. The first-order chi connectivity index (χ1) is 14.7. The molecule has 0 atom stereocenters. The van der Waals surface area contributed by atoms with Crippen LogP contribution in [0.2, 0.25) is 0 Å². The Balaban J connectivity index is 1.63. The van der Waals surface area contributed by atoms with Crippen LogP contribution in [0.5, 0.6) is 5.88 Å². The lowest BCUT2D eigenvalue weighted by molar-refractivity contribution is 0.102. The van der Waals surface area contributed by atoms with Gasteiger partial charge in [-0.15, -0.1) is 0 Å². The van der Waals surface area contributed by atoms with Crippen LogP contribution in [0.25, 0.3) is 11.3 Å². The predicted molar refractivity (Wildman–Crippen MR) is 117 cm³/mol. The summed E-state index contributed by atoms with van der Waals surface area (Å²) in [4.78, 5) is 28.2. The zero-order valence-electron chi connectivity index (χ0n) is 16.8. The standard InChI is InChI=1S/C22H24N6O2/c1-30-22-15(6-5-10-25-22)17-8-7-16(23)20(26-17)21(29)27-18-14-24-11-9-19(18)28-12-3-2-4-13-28/h5-11,14H,2-4,12-13,23H2,1H3,(H,27,29). The minimum absolute atomic E-state index is 0.145. The Hall–Kier alpha value is -3.68. The molecule has 30 heavy (non-hydrogen) atoms. The second kappa shape index (κ2) is 8.77. The zero-order chi connectivity index (χ0) is 20.9. The van der Waals surface area contributed by atoms with E-state index in [2.05, 4.69) is 25.2 Å². The summed E-state index contributed by atoms with van der Waals surface area (Å²) in [7, 11) is 1.54. The van der Waals surface area contributed by atoms with E-state index in [1.807, 2.05) is 12.1 Å². The van der Waals surface area contributed by atoms with Crippen molar-refractivity contribution in [2.75, 3.05) is 36.1 Å². The van der Waals surface area contributed by atoms with E-state index in [1.54, 1.807) is 43.9 Å². The highest BCUT2D eigenvalue weighted by Gasteiger charge is 2.19. The number of methoxy groups -OCH3 is 1. The van der Waals surface area contributed by atoms with Gasteiger partial charge >= 0.3 is 0 Å². The Kier molecular flexibility index (Phi) is 5.74. The number of aromatic nitrogens is 3. The number of hydrogen-bond donors (Lipinski definition) is 2. The van der Waals surface area contributed by atoms with Crippen molar-refractivity contribution in [3.8, 4) is 17.1 Å². The summed E-state index contributed by atoms with van der Waals surface area (Å²) >= 11 is 0. The quantitative estimate of drug-likeness (QED) is 0.671. The van der Waals surface area contributed by atoms with Gasteiger partial charge in [0.05, 0.1) is 41.6 Å². The summed E-state index contributed by atoms with van der Waals surface area (Å²) in [6, 6.07) is 8.96. The summed E-state index contributed by atoms with van der Waals surface area (Å²) in [5, 5.41) is 2.94. The van der Waals surface area contributed by atoms with E-state index in [4.69, 9.17) is 10.5 Å². The van der Waals surface area contributed by atoms with Gasteiger partial charge in [0.2, 0.25) is 5.88 Å². The maximum Gasteiger partial charge on any atom is 0.276 e. The van der Waals surface area contributed by atoms with Gasteiger partial charge in [-0.1, -0.05) is 0 Å². The molecular weight excluding hydrogens is 380 g/mol. The van der Waals surface area contributed by atoms with E-state index in [-0.39, 0.29) is 11.6 Å². The van der Waals surface area contributed by atoms with Crippen LogP contribution in [0, 0.1) is 0 Å². The minimum atomic E-state index is -0.386. The lowest BCUT2D eigenvalue weighted by Gasteiger charge is -2.30. The van der Waals surface area contributed by atoms with Crippen molar-refractivity contribution in [1.29, 1.82) is 0 Å². The third-order valence-electron chi connectivity index (χ3n) is 5.12. The van der Waals surface area contributed by atoms with E-state index in [0.717, 1.165) is 31.6 Å². The Morgan fingerprint density at radius 1 is 1.13 bits per heavy atom. The van der Waals surface area contributed by atoms with Crippen LogP contribution in [0.1, 0.15) is 29.8 Å². The minimum Gasteiger partial charge on any atom is -0.481 e. The summed E-state index contributed by atoms with van der Waals surface area (Å²) in [5.41, 5.74) is 9.37. The molecule has 4 heterocycles. The van der Waals surface area contributed by atoms with Gasteiger partial charge in [-0.3, -0.25) is 9.78 Å². The van der Waals surface area contributed by atoms with Gasteiger partial charge in [-0.05, 0) is 49.6 Å². The third-order valence-corrected chi connectivity index (χ3v) is 5.12. The van der Waals surface area contributed by atoms with Gasteiger partial charge in [0.1, 0.15) is 0 Å². The highest BCUT2D eigenvalue weighted by molar-refractivity contribution is 6.08. The molecule has 0 aliphatic carbocycles. The smallest absolute Gasteiger partial charge is 0.276 e. The van der Waals surface area contributed by atoms with Crippen LogP contribution >= 0.6 is 0 Å². The monoisotopic (exact) mass is 404 g/mol. The van der Waals surface area contributed by atoms with Crippen LogP contribution in [-0.4, -0.2) is 41.1 Å². The normalized spacial score (nSPS) is 13.7. The number of pyridine rings is 3. The topological polar surface area (TPSA) is 106 Å². The number of piperidine rings is 1. The molecule has 0 spiro atoms. The van der Waals surface area contributed by atoms with Crippen LogP contribution in [0.3, 0.4) is 0 Å². The zero-order valence-corrected chi connectivity index (χ0v) is 16.8. The maximum absolute atomic E-state index is 13.1. The number of carbonyl (C=O) groups excluding carboxylic acids is 1. The molecule has 8 nitrogen and oxygen atoms in total. The summed E-state index contributed by atoms with van der Waals surface area (Å²) < 4.78 is 5.31. The molecule has 0 radical (unpaired) electrons. The van der Waals surface area contributed by atoms with Crippen molar-refractivity contribution < 1.29 is 9.53 Å². The molecule has 1 aliphatic heterocycles. The fourth-order valence-electron chi connectivity index (χ4n) is 3.63. The lowest BCUT2D eigenvalue weighted by atomic mass is 10.1. The van der Waals surface area contributed by atoms with Crippen molar-refractivity contribution in [2.45, 2.75) is 19.3 Å². The van der Waals surface area contributed by atoms with Gasteiger partial charge in [0, 0.05) is 25.5 Å². The second-order valence-corrected chi connectivity index (χ2v) is 7.09. The number of nitrogens with zero attached hydrogens (tertiary/aromatic N) is 4. The first-order valence-corrected chi connectivity index (χ1v) is 9.93. The molecule has 1 amide bonds. The second-order valence-electron chi connectivity index (χ2n) is 7.09. The SMILES string of the molecule is COc1ncccc1-c1ccc(N)c(C(=O)Nc2cnccc2N2CCCCC2)n1. The number of nitrogens with one attached hydrogen (secondary N) is 1. The van der Waals surface area contributed by atoms with Gasteiger partial charge in [0.25, 0.3) is 5.91 Å². The van der Waals surface area contributed by atoms with Gasteiger partial charge in [-0.25, -0.2) is 9.97 Å². The molecule has 1 aliphatic rings. The van der Waals surface area contributed by atoms with Gasteiger partial charge in [-0.2, -0.15) is 0 Å². The first kappa shape index (κ1) is 19.6. The molecule has 3 aromatic heterocycles. The van der Waals surface area contributed by atoms with Crippen molar-refractivity contribution in [3.05, 3.63) is 54.6 Å². The van der Waals surface area contributed by atoms with E-state index < -0.39 is 0 Å². The molecule has 4 rings (SSSR count). The largest absolute Gasteiger partial charge is 0.481 e. The van der Waals surface area contributed by atoms with Gasteiger partial charge < -0.3 is 20.7 Å². The first-order valence-electron chi connectivity index (χ1n) is 9.93. The van der Waals surface area contributed by atoms with E-state index >= 15 is 0 Å². The summed E-state index contributed by atoms with van der Waals surface area (Å²) in [6.07, 6.45) is 8.54. The average molecular weight is 404 g/mol. The maximum atomic E-state index is 13.1. The van der Waals surface area contributed by atoms with Gasteiger partial charge in [0.15, 0.2) is 5.69 Å². The molecule has 3 N–H and O–H groups in total. The van der Waals surface area contributed by atoms with E-state index in [1.165, 1.54) is 6.42 Å². The number of rotatable bonds is 5. The highest BCUT2D eigenvalue weighted by atomic mass is 16.5. The fraction of sp³-hybridized carbons (Fsp3) is 0.273. The fourth-order valence-corrected chi connectivity index (χ4v) is 3.63. The van der Waals surface area contributed by atoms with Crippen molar-refractivity contribution in [1.82, 2.24) is 15.0 Å². The average Bonchev–Trinajstić information content (AvgIpc) is 2.80. The Morgan fingerprint density at radius 3 is 2.77 bits per heavy atom. The molecule has 0 aromatic carbocycles. The van der Waals surface area contributed by atoms with E-state index in [0.29, 0.717) is 28.5 Å². The summed E-state index contributed by atoms with van der Waals surface area (Å²) in [5.74, 6) is 0.0456. The third kappa shape index (κ3) is 4.03. The van der Waals surface area contributed by atoms with Crippen LogP contribution in [-0.2, 0) is 0 Å². The predicted octanol–water partition coefficient (Wildman–Crippen LogP) is 3.37. The Morgan fingerprint density at radius 2 is 1.97 bits per heavy atom. The number of hydrogen-bond acceptors (Lipinski definition) is 7. The molecule has 0 unspecified atom stereocenters. The summed E-state index contributed by atoms with van der Waals surface area (Å²) in [6.45, 7) is 1.92. The molecule has 0 bridgehead atoms. The number of nitrogens with two attached hydrogens (primary N) is 1. The molecule has 8 heteroatoms. The Labute approximate surface area is 175 Å². The highest BCUT2D eigenvalue weighted by Crippen LogP contribution is 2.30. The number of carbonyl (C=O) groups is 1. The van der Waals surface area contributed by atoms with Crippen molar-refractivity contribution >= 4 is 23.0 Å². The molecule has 0 saturated carbocycles. The number of ether oxygens (including phenoxy) is 1. The number of nitrogen functional groups attached to an aromatic ring is 1. The van der Waals surface area contributed by atoms with Crippen molar-refractivity contribution in [2.24, 2.45) is 0 Å². The van der Waals surface area contributed by atoms with Crippen LogP contribution in [0.4, 0.5) is 17.1 Å². The molecule has 1 fully saturated rings. The molecular formula is C22H24N6O2. The van der Waals surface area contributed by atoms with Crippen LogP contribution < -0.4 is 20.7 Å². The molecule has 1 saturated heterocycles. The molecule has 3 aromatic rings. The lowest BCUT2D eigenvalue weighted by Crippen LogP contribution is -2.30.